The Kier molecular flexibility index (Phi) is 5.42. The number of nitrogen functional groups attached to an aromatic ring is 1. The van der Waals surface area contributed by atoms with Gasteiger partial charge in [-0.1, -0.05) is 5.21 Å². The minimum Gasteiger partial charge on any atom is -0.382 e. The van der Waals surface area contributed by atoms with Gasteiger partial charge in [-0.3, -0.25) is 4.79 Å². The summed E-state index contributed by atoms with van der Waals surface area (Å²) in [6.07, 6.45) is -1.82. The Labute approximate surface area is 190 Å². The van der Waals surface area contributed by atoms with Gasteiger partial charge in [-0.25, -0.2) is 27.4 Å². The minimum atomic E-state index is -2.60. The Morgan fingerprint density at radius 1 is 1.29 bits per heavy atom. The van der Waals surface area contributed by atoms with E-state index in [4.69, 9.17) is 5.73 Å². The number of carbonyl (C=O) groups excluding carboxylic acids is 1. The van der Waals surface area contributed by atoms with E-state index in [1.54, 1.807) is 24.4 Å². The molecule has 1 fully saturated rings. The van der Waals surface area contributed by atoms with Gasteiger partial charge in [0, 0.05) is 25.2 Å². The monoisotopic (exact) mass is 474 g/mol. The minimum absolute atomic E-state index is 0.00351. The summed E-state index contributed by atoms with van der Waals surface area (Å²) in [5.41, 5.74) is 8.35. The largest absolute Gasteiger partial charge is 0.382 e. The maximum atomic E-state index is 14.6. The fourth-order valence-corrected chi connectivity index (χ4v) is 4.10. The summed E-state index contributed by atoms with van der Waals surface area (Å²) in [5.74, 6) is 0.122. The molecule has 3 N–H and O–H groups in total. The molecule has 0 aliphatic carbocycles. The number of likely N-dealkylation sites (tertiary alicyclic amines) is 1. The van der Waals surface area contributed by atoms with Crippen LogP contribution in [-0.4, -0.2) is 77.1 Å². The number of carbonyl (C=O) groups is 1. The van der Waals surface area contributed by atoms with Gasteiger partial charge in [-0.05, 0) is 24.6 Å². The number of fused-ring (bicyclic) bond motifs is 2. The van der Waals surface area contributed by atoms with E-state index < -0.39 is 25.2 Å². The van der Waals surface area contributed by atoms with Crippen molar-refractivity contribution in [3.63, 3.8) is 0 Å². The number of piperidine rings is 1. The summed E-state index contributed by atoms with van der Waals surface area (Å²) in [5, 5.41) is 15.0. The Bertz CT molecular complexity index is 1370. The zero-order chi connectivity index (χ0) is 24.0. The molecule has 0 radical (unpaired) electrons. The number of nitrogens with one attached hydrogen (secondary N) is 1. The van der Waals surface area contributed by atoms with Gasteiger partial charge in [0.25, 0.3) is 6.43 Å². The standard InChI is InChI=1S/C20H21F3N10O/c1-10(34)31-6-5-14(12(21)8-31)26-20-27-18(24)17-11(4-7-32(17)29-20)13-2-3-15-19(25-13)33(30-28-15)9-16(22)23/h2-4,7,12,14,16H,5-6,8-9H2,1H3,(H3,24,26,27,29)/t12-,14+/m1/s1. The zero-order valence-corrected chi connectivity index (χ0v) is 18.1. The number of rotatable bonds is 5. The third-order valence-corrected chi connectivity index (χ3v) is 5.79. The third kappa shape index (κ3) is 3.95. The van der Waals surface area contributed by atoms with E-state index in [0.29, 0.717) is 35.3 Å². The Morgan fingerprint density at radius 3 is 2.85 bits per heavy atom. The van der Waals surface area contributed by atoms with E-state index in [1.807, 2.05) is 0 Å². The lowest BCUT2D eigenvalue weighted by Crippen LogP contribution is -2.49. The van der Waals surface area contributed by atoms with Gasteiger partial charge in [0.1, 0.15) is 23.7 Å². The predicted octanol–water partition coefficient (Wildman–Crippen LogP) is 1.75. The van der Waals surface area contributed by atoms with Crippen LogP contribution in [0.2, 0.25) is 0 Å². The van der Waals surface area contributed by atoms with Gasteiger partial charge in [0.2, 0.25) is 11.9 Å². The molecule has 4 aromatic heterocycles. The molecule has 5 heterocycles. The van der Waals surface area contributed by atoms with Crippen LogP contribution in [0.25, 0.3) is 27.9 Å². The van der Waals surface area contributed by atoms with Gasteiger partial charge in [0.05, 0.1) is 18.3 Å². The van der Waals surface area contributed by atoms with Crippen LogP contribution >= 0.6 is 0 Å². The average Bonchev–Trinajstić information content (AvgIpc) is 3.39. The first-order chi connectivity index (χ1) is 16.3. The first-order valence-corrected chi connectivity index (χ1v) is 10.6. The number of nitrogens with two attached hydrogens (primary N) is 1. The predicted molar refractivity (Wildman–Crippen MR) is 117 cm³/mol. The second kappa shape index (κ2) is 8.43. The molecule has 1 amide bonds. The van der Waals surface area contributed by atoms with Gasteiger partial charge < -0.3 is 16.0 Å². The van der Waals surface area contributed by atoms with Crippen LogP contribution in [-0.2, 0) is 11.3 Å². The fraction of sp³-hybridized carbons (Fsp3) is 0.400. The Hall–Kier alpha value is -3.97. The molecule has 0 bridgehead atoms. The van der Waals surface area contributed by atoms with E-state index in [1.165, 1.54) is 16.3 Å². The van der Waals surface area contributed by atoms with Gasteiger partial charge in [0.15, 0.2) is 11.5 Å². The molecule has 1 aliphatic rings. The van der Waals surface area contributed by atoms with Crippen LogP contribution in [0.15, 0.2) is 24.4 Å². The van der Waals surface area contributed by atoms with Crippen LogP contribution < -0.4 is 11.1 Å². The molecule has 0 aromatic carbocycles. The van der Waals surface area contributed by atoms with Gasteiger partial charge in [-0.2, -0.15) is 4.98 Å². The number of aromatic nitrogens is 7. The smallest absolute Gasteiger partial charge is 0.258 e. The van der Waals surface area contributed by atoms with Crippen molar-refractivity contribution in [1.29, 1.82) is 0 Å². The second-order valence-electron chi connectivity index (χ2n) is 8.07. The summed E-state index contributed by atoms with van der Waals surface area (Å²) in [4.78, 5) is 21.7. The lowest BCUT2D eigenvalue weighted by molar-refractivity contribution is -0.131. The van der Waals surface area contributed by atoms with Crippen molar-refractivity contribution in [2.75, 3.05) is 24.1 Å². The lowest BCUT2D eigenvalue weighted by Gasteiger charge is -2.34. The van der Waals surface area contributed by atoms with Crippen molar-refractivity contribution in [1.82, 2.24) is 39.5 Å². The maximum absolute atomic E-state index is 14.6. The molecule has 4 aromatic rings. The highest BCUT2D eigenvalue weighted by atomic mass is 19.3. The fourth-order valence-electron chi connectivity index (χ4n) is 4.10. The highest BCUT2D eigenvalue weighted by Crippen LogP contribution is 2.29. The van der Waals surface area contributed by atoms with Crippen LogP contribution in [0, 0.1) is 0 Å². The topological polar surface area (TPSA) is 132 Å². The SMILES string of the molecule is CC(=O)N1CC[C@H](Nc2nc(N)c3c(-c4ccc5nnn(CC(F)F)c5n4)ccn3n2)[C@H](F)C1. The van der Waals surface area contributed by atoms with Crippen molar-refractivity contribution in [2.24, 2.45) is 0 Å². The van der Waals surface area contributed by atoms with E-state index in [9.17, 15) is 18.0 Å². The highest BCUT2D eigenvalue weighted by Gasteiger charge is 2.31. The van der Waals surface area contributed by atoms with Gasteiger partial charge >= 0.3 is 0 Å². The molecule has 0 spiro atoms. The van der Waals surface area contributed by atoms with E-state index in [-0.39, 0.29) is 29.9 Å². The third-order valence-electron chi connectivity index (χ3n) is 5.79. The number of alkyl halides is 3. The van der Waals surface area contributed by atoms with Crippen LogP contribution in [0.3, 0.4) is 0 Å². The molecular weight excluding hydrogens is 453 g/mol. The zero-order valence-electron chi connectivity index (χ0n) is 18.1. The second-order valence-corrected chi connectivity index (χ2v) is 8.07. The van der Waals surface area contributed by atoms with E-state index in [0.717, 1.165) is 4.68 Å². The molecule has 34 heavy (non-hydrogen) atoms. The molecule has 11 nitrogen and oxygen atoms in total. The van der Waals surface area contributed by atoms with Gasteiger partial charge in [-0.15, -0.1) is 10.2 Å². The quantitative estimate of drug-likeness (QED) is 0.447. The van der Waals surface area contributed by atoms with Crippen LogP contribution in [0.1, 0.15) is 13.3 Å². The lowest BCUT2D eigenvalue weighted by atomic mass is 10.0. The summed E-state index contributed by atoms with van der Waals surface area (Å²) < 4.78 is 42.8. The van der Waals surface area contributed by atoms with E-state index in [2.05, 4.69) is 30.7 Å². The summed E-state index contributed by atoms with van der Waals surface area (Å²) in [7, 11) is 0. The summed E-state index contributed by atoms with van der Waals surface area (Å²) >= 11 is 0. The molecular formula is C20H21F3N10O. The highest BCUT2D eigenvalue weighted by molar-refractivity contribution is 5.88. The molecule has 2 atom stereocenters. The number of hydrogen-bond donors (Lipinski definition) is 2. The normalized spacial score (nSPS) is 18.8. The summed E-state index contributed by atoms with van der Waals surface area (Å²) in [6.45, 7) is 1.23. The molecule has 1 aliphatic heterocycles. The number of pyridine rings is 1. The molecule has 1 saturated heterocycles. The average molecular weight is 474 g/mol. The Morgan fingerprint density at radius 2 is 2.12 bits per heavy atom. The van der Waals surface area contributed by atoms with E-state index >= 15 is 0 Å². The molecule has 0 saturated carbocycles. The number of nitrogens with zero attached hydrogens (tertiary/aromatic N) is 8. The maximum Gasteiger partial charge on any atom is 0.258 e. The Balaban J connectivity index is 1.44. The number of hydrogen-bond acceptors (Lipinski definition) is 8. The first kappa shape index (κ1) is 21.9. The van der Waals surface area contributed by atoms with Crippen molar-refractivity contribution in [2.45, 2.75) is 38.5 Å². The summed E-state index contributed by atoms with van der Waals surface area (Å²) in [6, 6.07) is 4.48. The van der Waals surface area contributed by atoms with Crippen molar-refractivity contribution in [3.05, 3.63) is 24.4 Å². The van der Waals surface area contributed by atoms with Crippen LogP contribution in [0.5, 0.6) is 0 Å². The number of anilines is 2. The van der Waals surface area contributed by atoms with Crippen LogP contribution in [0.4, 0.5) is 24.9 Å². The number of amides is 1. The molecule has 14 heteroatoms. The van der Waals surface area contributed by atoms with Crippen molar-refractivity contribution in [3.8, 4) is 11.3 Å². The van der Waals surface area contributed by atoms with Crippen molar-refractivity contribution < 1.29 is 18.0 Å². The first-order valence-electron chi connectivity index (χ1n) is 10.6. The number of halogens is 3. The molecule has 0 unspecified atom stereocenters. The molecule has 178 valence electrons. The molecule has 5 rings (SSSR count). The van der Waals surface area contributed by atoms with Crippen molar-refractivity contribution >= 4 is 34.4 Å².